The van der Waals surface area contributed by atoms with Gasteiger partial charge in [-0.05, 0) is 32.1 Å². The Bertz CT molecular complexity index is 793. The minimum atomic E-state index is -2.59. The molecule has 32 heavy (non-hydrogen) atoms. The highest BCUT2D eigenvalue weighted by Gasteiger charge is 2.65. The number of amides is 3. The van der Waals surface area contributed by atoms with Crippen LogP contribution < -0.4 is 0 Å². The van der Waals surface area contributed by atoms with Crippen molar-refractivity contribution in [2.24, 2.45) is 0 Å². The van der Waals surface area contributed by atoms with E-state index in [1.54, 1.807) is 4.90 Å². The maximum Gasteiger partial charge on any atom is 0.252 e. The van der Waals surface area contributed by atoms with Crippen molar-refractivity contribution in [2.75, 3.05) is 39.3 Å². The molecule has 4 heterocycles. The number of aliphatic hydroxyl groups excluding tert-OH is 1. The zero-order valence-corrected chi connectivity index (χ0v) is 18.3. The fourth-order valence-corrected chi connectivity index (χ4v) is 6.34. The summed E-state index contributed by atoms with van der Waals surface area (Å²) < 4.78 is 27.1. The summed E-state index contributed by atoms with van der Waals surface area (Å²) in [5.74, 6) is -2.97. The summed E-state index contributed by atoms with van der Waals surface area (Å²) >= 11 is 0. The molecule has 2 atom stereocenters. The highest BCUT2D eigenvalue weighted by molar-refractivity contribution is 6.06. The number of β-amino-alcohol motifs (C(OH)–C–C–N with tert-alkyl or cyclic N) is 1. The van der Waals surface area contributed by atoms with Gasteiger partial charge < -0.3 is 10.0 Å². The van der Waals surface area contributed by atoms with Gasteiger partial charge in [0.15, 0.2) is 0 Å². The van der Waals surface area contributed by atoms with Gasteiger partial charge in [-0.25, -0.2) is 8.78 Å². The summed E-state index contributed by atoms with van der Waals surface area (Å²) in [6.07, 6.45) is 2.18. The second-order valence-electron chi connectivity index (χ2n) is 10.2. The normalized spacial score (nSPS) is 33.3. The Morgan fingerprint density at radius 2 is 1.78 bits per heavy atom. The second-order valence-corrected chi connectivity index (χ2v) is 10.2. The molecule has 10 heteroatoms. The summed E-state index contributed by atoms with van der Waals surface area (Å²) in [5.41, 5.74) is -0.862. The molecule has 0 radical (unpaired) electrons. The SMILES string of the molecule is O=C1CCCN1CCCN1C(=O)C2CC(O)CN2C2(CN(C3CCC(F)(F)CC3)C2)C1=O. The van der Waals surface area contributed by atoms with Crippen LogP contribution in [-0.2, 0) is 14.4 Å². The molecule has 1 spiro atoms. The summed E-state index contributed by atoms with van der Waals surface area (Å²) in [6, 6.07) is -0.486. The highest BCUT2D eigenvalue weighted by atomic mass is 19.3. The lowest BCUT2D eigenvalue weighted by atomic mass is 9.79. The first-order valence-electron chi connectivity index (χ1n) is 11.9. The number of rotatable bonds is 5. The van der Waals surface area contributed by atoms with Crippen LogP contribution in [0.5, 0.6) is 0 Å². The predicted molar refractivity (Wildman–Crippen MR) is 110 cm³/mol. The van der Waals surface area contributed by atoms with Crippen LogP contribution in [0.25, 0.3) is 0 Å². The molecular formula is C22H32F2N4O4. The summed E-state index contributed by atoms with van der Waals surface area (Å²) in [6.45, 7) is 2.64. The molecule has 1 aliphatic carbocycles. The number of halogens is 2. The maximum atomic E-state index is 13.6. The molecule has 0 bridgehead atoms. The molecule has 3 amide bonds. The number of hydrogen-bond acceptors (Lipinski definition) is 6. The van der Waals surface area contributed by atoms with E-state index in [2.05, 4.69) is 4.90 Å². The first kappa shape index (κ1) is 22.2. The van der Waals surface area contributed by atoms with E-state index < -0.39 is 23.6 Å². The number of carbonyl (C=O) groups excluding carboxylic acids is 3. The molecule has 8 nitrogen and oxygen atoms in total. The van der Waals surface area contributed by atoms with Crippen molar-refractivity contribution < 1.29 is 28.3 Å². The quantitative estimate of drug-likeness (QED) is 0.607. The van der Waals surface area contributed by atoms with E-state index in [-0.39, 0.29) is 49.7 Å². The lowest BCUT2D eigenvalue weighted by molar-refractivity contribution is -0.184. The van der Waals surface area contributed by atoms with Crippen LogP contribution in [0.15, 0.2) is 0 Å². The minimum Gasteiger partial charge on any atom is -0.392 e. The van der Waals surface area contributed by atoms with Gasteiger partial charge in [-0.15, -0.1) is 0 Å². The first-order valence-corrected chi connectivity index (χ1v) is 11.9. The average Bonchev–Trinajstić information content (AvgIpc) is 3.30. The van der Waals surface area contributed by atoms with Crippen molar-refractivity contribution in [1.82, 2.24) is 19.6 Å². The predicted octanol–water partition coefficient (Wildman–Crippen LogP) is 0.435. The molecule has 178 valence electrons. The molecule has 5 fully saturated rings. The summed E-state index contributed by atoms with van der Waals surface area (Å²) in [4.78, 5) is 45.6. The Kier molecular flexibility index (Phi) is 5.53. The van der Waals surface area contributed by atoms with E-state index in [9.17, 15) is 28.3 Å². The van der Waals surface area contributed by atoms with Crippen LogP contribution in [-0.4, -0.2) is 111 Å². The number of piperazine rings is 1. The Hall–Kier alpha value is -1.65. The van der Waals surface area contributed by atoms with Crippen molar-refractivity contribution in [3.63, 3.8) is 0 Å². The fourth-order valence-electron chi connectivity index (χ4n) is 6.34. The van der Waals surface area contributed by atoms with E-state index >= 15 is 0 Å². The van der Waals surface area contributed by atoms with Gasteiger partial charge in [-0.3, -0.25) is 29.1 Å². The Labute approximate surface area is 186 Å². The minimum absolute atomic E-state index is 0.0336. The molecular weight excluding hydrogens is 422 g/mol. The zero-order valence-electron chi connectivity index (χ0n) is 18.3. The molecule has 0 aromatic rings. The maximum absolute atomic E-state index is 13.6. The van der Waals surface area contributed by atoms with Gasteiger partial charge in [-0.1, -0.05) is 0 Å². The van der Waals surface area contributed by atoms with Crippen molar-refractivity contribution in [2.45, 2.75) is 81.0 Å². The molecule has 5 aliphatic rings. The molecule has 1 saturated carbocycles. The largest absolute Gasteiger partial charge is 0.392 e. The smallest absolute Gasteiger partial charge is 0.252 e. The van der Waals surface area contributed by atoms with Gasteiger partial charge in [0.2, 0.25) is 17.7 Å². The van der Waals surface area contributed by atoms with Crippen LogP contribution >= 0.6 is 0 Å². The van der Waals surface area contributed by atoms with Gasteiger partial charge in [0.1, 0.15) is 5.54 Å². The standard InChI is InChI=1S/C22H32F2N4O4/c23-22(24)6-4-15(5-7-22)26-13-21(14-26)20(32)27(10-2-9-25-8-1-3-18(25)30)19(31)17-11-16(29)12-28(17)21/h15-17,29H,1-14H2. The van der Waals surface area contributed by atoms with Crippen molar-refractivity contribution >= 4 is 17.7 Å². The van der Waals surface area contributed by atoms with Crippen LogP contribution in [0.2, 0.25) is 0 Å². The topological polar surface area (TPSA) is 84.4 Å². The second kappa shape index (κ2) is 7.99. The van der Waals surface area contributed by atoms with Crippen molar-refractivity contribution in [3.05, 3.63) is 0 Å². The third-order valence-corrected chi connectivity index (χ3v) is 8.14. The van der Waals surface area contributed by atoms with Gasteiger partial charge >= 0.3 is 0 Å². The van der Waals surface area contributed by atoms with Crippen LogP contribution in [0.3, 0.4) is 0 Å². The van der Waals surface area contributed by atoms with Gasteiger partial charge in [0.05, 0.1) is 12.1 Å². The number of hydrogen-bond donors (Lipinski definition) is 1. The van der Waals surface area contributed by atoms with Crippen molar-refractivity contribution in [3.8, 4) is 0 Å². The number of fused-ring (bicyclic) bond motifs is 2. The Balaban J connectivity index is 1.27. The molecule has 0 aromatic heterocycles. The van der Waals surface area contributed by atoms with Gasteiger partial charge in [-0.2, -0.15) is 0 Å². The number of likely N-dealkylation sites (tertiary alicyclic amines) is 2. The molecule has 4 saturated heterocycles. The Morgan fingerprint density at radius 1 is 1.06 bits per heavy atom. The molecule has 1 N–H and O–H groups in total. The lowest BCUT2D eigenvalue weighted by Crippen LogP contribution is -2.82. The summed E-state index contributed by atoms with van der Waals surface area (Å²) in [7, 11) is 0. The molecule has 0 aromatic carbocycles. The average molecular weight is 455 g/mol. The molecule has 5 rings (SSSR count). The number of imide groups is 1. The highest BCUT2D eigenvalue weighted by Crippen LogP contribution is 2.44. The van der Waals surface area contributed by atoms with E-state index in [1.165, 1.54) is 4.90 Å². The van der Waals surface area contributed by atoms with E-state index in [1.807, 2.05) is 4.90 Å². The van der Waals surface area contributed by atoms with E-state index in [4.69, 9.17) is 0 Å². The number of nitrogens with zero attached hydrogens (tertiary/aromatic N) is 4. The monoisotopic (exact) mass is 454 g/mol. The Morgan fingerprint density at radius 3 is 2.44 bits per heavy atom. The van der Waals surface area contributed by atoms with E-state index in [0.29, 0.717) is 51.7 Å². The number of carbonyl (C=O) groups is 3. The van der Waals surface area contributed by atoms with Crippen molar-refractivity contribution in [1.29, 1.82) is 0 Å². The van der Waals surface area contributed by atoms with Crippen LogP contribution in [0.4, 0.5) is 8.78 Å². The van der Waals surface area contributed by atoms with Crippen LogP contribution in [0, 0.1) is 0 Å². The lowest BCUT2D eigenvalue weighted by Gasteiger charge is -2.60. The molecule has 2 unspecified atom stereocenters. The third kappa shape index (κ3) is 3.64. The van der Waals surface area contributed by atoms with Gasteiger partial charge in [0.25, 0.3) is 5.91 Å². The number of alkyl halides is 2. The zero-order chi connectivity index (χ0) is 22.7. The summed E-state index contributed by atoms with van der Waals surface area (Å²) in [5, 5.41) is 10.3. The molecule has 4 aliphatic heterocycles. The van der Waals surface area contributed by atoms with Gasteiger partial charge in [0, 0.05) is 64.6 Å². The number of aliphatic hydroxyl groups is 1. The fraction of sp³-hybridized carbons (Fsp3) is 0.864. The van der Waals surface area contributed by atoms with E-state index in [0.717, 1.165) is 13.0 Å². The first-order chi connectivity index (χ1) is 15.2. The third-order valence-electron chi connectivity index (χ3n) is 8.14. The van der Waals surface area contributed by atoms with Crippen LogP contribution in [0.1, 0.15) is 51.4 Å².